The molecular weight excluding hydrogens is 445 g/mol. The Balaban J connectivity index is 1.49. The number of para-hydroxylation sites is 1. The van der Waals surface area contributed by atoms with E-state index < -0.39 is 13.3 Å². The molecule has 0 amide bonds. The van der Waals surface area contributed by atoms with Crippen molar-refractivity contribution in [3.8, 4) is 0 Å². The van der Waals surface area contributed by atoms with Crippen LogP contribution in [0.25, 0.3) is 0 Å². The van der Waals surface area contributed by atoms with Crippen LogP contribution in [0.2, 0.25) is 20.8 Å². The molecule has 3 rings (SSSR count). The van der Waals surface area contributed by atoms with E-state index in [1.54, 1.807) is 0 Å². The van der Waals surface area contributed by atoms with E-state index in [4.69, 9.17) is 4.42 Å². The summed E-state index contributed by atoms with van der Waals surface area (Å²) < 4.78 is 7.87. The van der Waals surface area contributed by atoms with Crippen LogP contribution in [0.5, 0.6) is 0 Å². The van der Waals surface area contributed by atoms with Crippen molar-refractivity contribution >= 4 is 38.4 Å². The molecule has 164 valence electrons. The molecule has 1 saturated heterocycles. The van der Waals surface area contributed by atoms with Gasteiger partial charge in [-0.2, -0.15) is 0 Å². The fraction of sp³-hybridized carbons (Fsp3) is 0.600. The molecule has 3 nitrogen and oxygen atoms in total. The summed E-state index contributed by atoms with van der Waals surface area (Å²) in [7, 11) is 0.755. The van der Waals surface area contributed by atoms with Crippen molar-refractivity contribution in [3.05, 3.63) is 42.5 Å². The molecule has 1 aliphatic rings. The molecule has 2 radical (unpaired) electrons. The van der Waals surface area contributed by atoms with Gasteiger partial charge in [-0.05, 0) is 12.1 Å². The second-order valence-electron chi connectivity index (χ2n) is 9.43. The van der Waals surface area contributed by atoms with Gasteiger partial charge < -0.3 is 0 Å². The van der Waals surface area contributed by atoms with Crippen molar-refractivity contribution < 1.29 is 4.42 Å². The number of hydrogen-bond acceptors (Lipinski definition) is 3. The molecule has 1 aromatic heterocycles. The van der Waals surface area contributed by atoms with Crippen LogP contribution in [-0.4, -0.2) is 60.4 Å². The maximum atomic E-state index is 6.49. The number of hydrogen-bond donors (Lipinski definition) is 0. The third-order valence-electron chi connectivity index (χ3n) is 7.17. The topological polar surface area (TPSA) is 19.6 Å². The number of rotatable bonds is 10. The van der Waals surface area contributed by atoms with E-state index in [2.05, 4.69) is 86.9 Å². The van der Waals surface area contributed by atoms with Gasteiger partial charge in [-0.15, -0.1) is 0 Å². The molecule has 0 N–H and O–H groups in total. The molecule has 0 saturated carbocycles. The summed E-state index contributed by atoms with van der Waals surface area (Å²) in [6, 6.07) is 15.4. The van der Waals surface area contributed by atoms with Gasteiger partial charge >= 0.3 is 159 Å². The summed E-state index contributed by atoms with van der Waals surface area (Å²) in [6.45, 7) is 17.7. The van der Waals surface area contributed by atoms with Crippen LogP contribution < -0.4 is 14.9 Å². The first-order valence-electron chi connectivity index (χ1n) is 11.8. The normalized spacial score (nSPS) is 16.2. The van der Waals surface area contributed by atoms with E-state index in [1.807, 2.05) is 0 Å². The summed E-state index contributed by atoms with van der Waals surface area (Å²) in [6.07, 6.45) is 1.23. The van der Waals surface area contributed by atoms with Crippen molar-refractivity contribution in [2.24, 2.45) is 0 Å². The molecule has 0 aliphatic carbocycles. The molecule has 5 heteroatoms. The molecule has 1 fully saturated rings. The van der Waals surface area contributed by atoms with E-state index in [9.17, 15) is 0 Å². The molecule has 0 unspecified atom stereocenters. The Kier molecular flexibility index (Phi) is 8.33. The van der Waals surface area contributed by atoms with E-state index in [1.165, 1.54) is 57.5 Å². The van der Waals surface area contributed by atoms with Gasteiger partial charge in [-0.1, -0.05) is 18.2 Å². The third-order valence-corrected chi connectivity index (χ3v) is 19.9. The van der Waals surface area contributed by atoms with Crippen LogP contribution in [0.1, 0.15) is 41.0 Å². The van der Waals surface area contributed by atoms with Crippen molar-refractivity contribution in [3.63, 3.8) is 0 Å². The van der Waals surface area contributed by atoms with Crippen LogP contribution >= 0.6 is 0 Å². The second kappa shape index (κ2) is 10.6. The van der Waals surface area contributed by atoms with Crippen molar-refractivity contribution in [2.45, 2.75) is 61.8 Å². The Hall–Kier alpha value is -0.980. The molecule has 1 aromatic carbocycles. The van der Waals surface area contributed by atoms with Gasteiger partial charge in [0.15, 0.2) is 0 Å². The zero-order chi connectivity index (χ0) is 21.6. The zero-order valence-corrected chi connectivity index (χ0v) is 22.8. The predicted octanol–water partition coefficient (Wildman–Crippen LogP) is 4.74. The Morgan fingerprint density at radius 3 is 2.13 bits per heavy atom. The van der Waals surface area contributed by atoms with Gasteiger partial charge in [-0.25, -0.2) is 0 Å². The summed E-state index contributed by atoms with van der Waals surface area (Å²) in [5.74, 6) is 0. The van der Waals surface area contributed by atoms with Gasteiger partial charge in [-0.3, -0.25) is 0 Å². The minimum absolute atomic E-state index is 0.298. The minimum atomic E-state index is -1.97. The third kappa shape index (κ3) is 5.83. The summed E-state index contributed by atoms with van der Waals surface area (Å²) in [4.78, 5) is 5.16. The Morgan fingerprint density at radius 1 is 0.900 bits per heavy atom. The number of benzene rings is 1. The Morgan fingerprint density at radius 2 is 1.53 bits per heavy atom. The quantitative estimate of drug-likeness (QED) is 0.454. The number of anilines is 1. The average Bonchev–Trinajstić information content (AvgIpc) is 3.23. The summed E-state index contributed by atoms with van der Waals surface area (Å²) in [5, 5.41) is 5.53. The van der Waals surface area contributed by atoms with Crippen LogP contribution in [0.15, 0.2) is 46.9 Å². The fourth-order valence-electron chi connectivity index (χ4n) is 4.66. The molecule has 0 atom stereocenters. The van der Waals surface area contributed by atoms with Crippen molar-refractivity contribution in [1.29, 1.82) is 0 Å². The SMILES string of the molecule is C[CH2][Ge]([CH2]C)([CH2]C)[c]1ccc([Si]C(C)(C)CCN2CCN(c3ccccc3)CC2)o1. The van der Waals surface area contributed by atoms with Gasteiger partial charge in [0.05, 0.1) is 0 Å². The molecule has 2 heterocycles. The molecular formula is C25H40GeN2OSi. The monoisotopic (exact) mass is 486 g/mol. The van der Waals surface area contributed by atoms with Crippen LogP contribution in [0, 0.1) is 0 Å². The van der Waals surface area contributed by atoms with E-state index >= 15 is 0 Å². The number of furan rings is 1. The maximum absolute atomic E-state index is 6.49. The van der Waals surface area contributed by atoms with E-state index in [0.717, 1.165) is 22.6 Å². The number of piperazine rings is 1. The Labute approximate surface area is 189 Å². The standard InChI is InChI=1S/C25H40GeN2OSi/c1-6-26(7-2,8-3)23-14-15-24(29-23)30-25(4,5)16-17-27-18-20-28(21-19-27)22-12-10-9-11-13-22/h9-15H,6-8,16-21H2,1-5H3. The molecule has 0 spiro atoms. The van der Waals surface area contributed by atoms with Crippen molar-refractivity contribution in [2.75, 3.05) is 37.6 Å². The predicted molar refractivity (Wildman–Crippen MR) is 135 cm³/mol. The van der Waals surface area contributed by atoms with Crippen molar-refractivity contribution in [1.82, 2.24) is 4.90 Å². The molecule has 2 aromatic rings. The van der Waals surface area contributed by atoms with Gasteiger partial charge in [0.1, 0.15) is 0 Å². The molecule has 0 bridgehead atoms. The number of nitrogens with zero attached hydrogens (tertiary/aromatic N) is 2. The molecule has 30 heavy (non-hydrogen) atoms. The zero-order valence-electron chi connectivity index (χ0n) is 19.7. The van der Waals surface area contributed by atoms with Gasteiger partial charge in [0.2, 0.25) is 0 Å². The summed E-state index contributed by atoms with van der Waals surface area (Å²) in [5.41, 5.74) is 1.36. The molecule has 1 aliphatic heterocycles. The Bertz CT molecular complexity index is 756. The van der Waals surface area contributed by atoms with E-state index in [-0.39, 0.29) is 0 Å². The van der Waals surface area contributed by atoms with E-state index in [0.29, 0.717) is 5.04 Å². The van der Waals surface area contributed by atoms with Gasteiger partial charge in [0, 0.05) is 0 Å². The second-order valence-corrected chi connectivity index (χ2v) is 22.4. The first-order valence-corrected chi connectivity index (χ1v) is 18.3. The fourth-order valence-corrected chi connectivity index (χ4v) is 13.1. The first-order chi connectivity index (χ1) is 14.4. The summed E-state index contributed by atoms with van der Waals surface area (Å²) >= 11 is -1.97. The van der Waals surface area contributed by atoms with Crippen LogP contribution in [0.4, 0.5) is 5.69 Å². The van der Waals surface area contributed by atoms with Crippen LogP contribution in [-0.2, 0) is 0 Å². The van der Waals surface area contributed by atoms with Crippen LogP contribution in [0.3, 0.4) is 0 Å². The first kappa shape index (κ1) is 23.7. The average molecular weight is 485 g/mol. The van der Waals surface area contributed by atoms with Gasteiger partial charge in [0.25, 0.3) is 0 Å².